The third kappa shape index (κ3) is 5.66. The van der Waals surface area contributed by atoms with Gasteiger partial charge in [-0.05, 0) is 80.8 Å². The van der Waals surface area contributed by atoms with Crippen LogP contribution >= 0.6 is 0 Å². The number of ether oxygens (including phenoxy) is 3. The predicted octanol–water partition coefficient (Wildman–Crippen LogP) is 7.45. The summed E-state index contributed by atoms with van der Waals surface area (Å²) in [6.07, 6.45) is 2.00. The first-order valence-electron chi connectivity index (χ1n) is 12.3. The molecule has 4 nitrogen and oxygen atoms in total. The van der Waals surface area contributed by atoms with Gasteiger partial charge in [-0.25, -0.2) is 13.2 Å². The standard InChI is InChI=1S/C29H29F3O4/c1-3-34-21-11-9-19(10-12-21)24-15-14-23(27(31)28(24)32)18-5-7-20(8-6-18)29(33)36-22-13-16-26(35-4-2)25(30)17-22/h9-18,20H,3-8H2,1-2H3. The van der Waals surface area contributed by atoms with Gasteiger partial charge in [0.2, 0.25) is 0 Å². The third-order valence-electron chi connectivity index (χ3n) is 6.51. The highest BCUT2D eigenvalue weighted by Gasteiger charge is 2.31. The second-order valence-corrected chi connectivity index (χ2v) is 8.78. The molecule has 0 saturated heterocycles. The van der Waals surface area contributed by atoms with E-state index in [1.54, 1.807) is 43.3 Å². The Hall–Kier alpha value is -3.48. The first-order chi connectivity index (χ1) is 17.4. The van der Waals surface area contributed by atoms with Gasteiger partial charge in [0.25, 0.3) is 0 Å². The quantitative estimate of drug-likeness (QED) is 0.239. The van der Waals surface area contributed by atoms with E-state index in [-0.39, 0.29) is 28.9 Å². The van der Waals surface area contributed by atoms with Crippen molar-refractivity contribution in [3.63, 3.8) is 0 Å². The van der Waals surface area contributed by atoms with E-state index in [9.17, 15) is 13.6 Å². The number of carbonyl (C=O) groups is 1. The lowest BCUT2D eigenvalue weighted by Crippen LogP contribution is -2.25. The number of esters is 1. The van der Waals surface area contributed by atoms with Crippen LogP contribution in [0.2, 0.25) is 0 Å². The van der Waals surface area contributed by atoms with Crippen molar-refractivity contribution >= 4 is 5.97 Å². The van der Waals surface area contributed by atoms with Crippen molar-refractivity contribution in [1.29, 1.82) is 0 Å². The fourth-order valence-corrected chi connectivity index (χ4v) is 4.66. The fourth-order valence-electron chi connectivity index (χ4n) is 4.66. The number of hydrogen-bond donors (Lipinski definition) is 0. The number of hydrogen-bond acceptors (Lipinski definition) is 4. The first-order valence-corrected chi connectivity index (χ1v) is 12.3. The van der Waals surface area contributed by atoms with Crippen molar-refractivity contribution in [2.45, 2.75) is 45.4 Å². The molecule has 0 radical (unpaired) electrons. The molecular formula is C29H29F3O4. The molecule has 3 aromatic carbocycles. The largest absolute Gasteiger partial charge is 0.494 e. The van der Waals surface area contributed by atoms with Crippen LogP contribution in [-0.4, -0.2) is 19.2 Å². The van der Waals surface area contributed by atoms with Gasteiger partial charge in [0.15, 0.2) is 23.2 Å². The van der Waals surface area contributed by atoms with E-state index in [1.165, 1.54) is 12.1 Å². The highest BCUT2D eigenvalue weighted by molar-refractivity contribution is 5.75. The van der Waals surface area contributed by atoms with E-state index in [0.717, 1.165) is 6.07 Å². The van der Waals surface area contributed by atoms with Gasteiger partial charge in [-0.15, -0.1) is 0 Å². The molecule has 0 aliphatic heterocycles. The average Bonchev–Trinajstić information content (AvgIpc) is 2.88. The summed E-state index contributed by atoms with van der Waals surface area (Å²) in [6, 6.07) is 14.1. The molecule has 0 atom stereocenters. The minimum atomic E-state index is -0.879. The van der Waals surface area contributed by atoms with Crippen LogP contribution in [0.15, 0.2) is 54.6 Å². The molecule has 1 fully saturated rings. The van der Waals surface area contributed by atoms with Gasteiger partial charge in [0.1, 0.15) is 11.5 Å². The van der Waals surface area contributed by atoms with Gasteiger partial charge in [-0.1, -0.05) is 24.3 Å². The molecule has 36 heavy (non-hydrogen) atoms. The molecule has 3 aromatic rings. The Morgan fingerprint density at radius 3 is 2.11 bits per heavy atom. The molecule has 0 bridgehead atoms. The molecule has 1 aliphatic carbocycles. The maximum atomic E-state index is 15.1. The predicted molar refractivity (Wildman–Crippen MR) is 131 cm³/mol. The van der Waals surface area contributed by atoms with Crippen LogP contribution in [0.3, 0.4) is 0 Å². The summed E-state index contributed by atoms with van der Waals surface area (Å²) in [4.78, 5) is 12.6. The topological polar surface area (TPSA) is 44.8 Å². The van der Waals surface area contributed by atoms with Crippen LogP contribution < -0.4 is 14.2 Å². The fraction of sp³-hybridized carbons (Fsp3) is 0.345. The van der Waals surface area contributed by atoms with Crippen LogP contribution in [0.5, 0.6) is 17.2 Å². The van der Waals surface area contributed by atoms with Crippen molar-refractivity contribution in [3.05, 3.63) is 77.6 Å². The molecule has 0 heterocycles. The van der Waals surface area contributed by atoms with Crippen molar-refractivity contribution in [3.8, 4) is 28.4 Å². The molecule has 0 amide bonds. The van der Waals surface area contributed by atoms with Crippen LogP contribution in [0.1, 0.15) is 51.0 Å². The summed E-state index contributed by atoms with van der Waals surface area (Å²) in [7, 11) is 0. The zero-order valence-electron chi connectivity index (χ0n) is 20.4. The van der Waals surface area contributed by atoms with Crippen molar-refractivity contribution in [2.24, 2.45) is 5.92 Å². The second kappa shape index (κ2) is 11.5. The van der Waals surface area contributed by atoms with Crippen LogP contribution in [0.25, 0.3) is 11.1 Å². The summed E-state index contributed by atoms with van der Waals surface area (Å²) >= 11 is 0. The van der Waals surface area contributed by atoms with Crippen molar-refractivity contribution in [2.75, 3.05) is 13.2 Å². The summed E-state index contributed by atoms with van der Waals surface area (Å²) in [5, 5.41) is 0. The summed E-state index contributed by atoms with van der Waals surface area (Å²) in [5.74, 6) is -2.48. The lowest BCUT2D eigenvalue weighted by atomic mass is 9.78. The molecule has 190 valence electrons. The number of benzene rings is 3. The summed E-state index contributed by atoms with van der Waals surface area (Å²) in [5.41, 5.74) is 1.08. The monoisotopic (exact) mass is 498 g/mol. The lowest BCUT2D eigenvalue weighted by molar-refractivity contribution is -0.140. The smallest absolute Gasteiger partial charge is 0.314 e. The van der Waals surface area contributed by atoms with E-state index in [4.69, 9.17) is 14.2 Å². The maximum Gasteiger partial charge on any atom is 0.314 e. The zero-order chi connectivity index (χ0) is 25.7. The van der Waals surface area contributed by atoms with Crippen LogP contribution in [-0.2, 0) is 4.79 Å². The van der Waals surface area contributed by atoms with Crippen molar-refractivity contribution in [1.82, 2.24) is 0 Å². The lowest BCUT2D eigenvalue weighted by Gasteiger charge is -2.28. The summed E-state index contributed by atoms with van der Waals surface area (Å²) in [6.45, 7) is 4.48. The molecule has 0 spiro atoms. The van der Waals surface area contributed by atoms with Gasteiger partial charge >= 0.3 is 5.97 Å². The maximum absolute atomic E-state index is 15.1. The van der Waals surface area contributed by atoms with Gasteiger partial charge in [-0.2, -0.15) is 0 Å². The van der Waals surface area contributed by atoms with Crippen LogP contribution in [0.4, 0.5) is 13.2 Å². The average molecular weight is 499 g/mol. The normalized spacial score (nSPS) is 17.5. The highest BCUT2D eigenvalue weighted by atomic mass is 19.2. The number of rotatable bonds is 8. The Kier molecular flexibility index (Phi) is 8.18. The Balaban J connectivity index is 1.39. The minimum Gasteiger partial charge on any atom is -0.494 e. The number of carbonyl (C=O) groups excluding carboxylic acids is 1. The molecule has 0 N–H and O–H groups in total. The van der Waals surface area contributed by atoms with E-state index >= 15 is 4.39 Å². The Bertz CT molecular complexity index is 1200. The second-order valence-electron chi connectivity index (χ2n) is 8.78. The zero-order valence-corrected chi connectivity index (χ0v) is 20.4. The van der Waals surface area contributed by atoms with Gasteiger partial charge in [0, 0.05) is 11.6 Å². The Morgan fingerprint density at radius 2 is 1.47 bits per heavy atom. The molecular weight excluding hydrogens is 469 g/mol. The van der Waals surface area contributed by atoms with E-state index in [2.05, 4.69) is 0 Å². The molecule has 1 saturated carbocycles. The molecule has 0 unspecified atom stereocenters. The Labute approximate surface area is 209 Å². The molecule has 1 aliphatic rings. The SMILES string of the molecule is CCOc1ccc(-c2ccc(C3CCC(C(=O)Oc4ccc(OCC)c(F)c4)CC3)c(F)c2F)cc1. The van der Waals surface area contributed by atoms with Gasteiger partial charge in [-0.3, -0.25) is 4.79 Å². The summed E-state index contributed by atoms with van der Waals surface area (Å²) < 4.78 is 60.0. The van der Waals surface area contributed by atoms with Gasteiger partial charge < -0.3 is 14.2 Å². The molecule has 7 heteroatoms. The van der Waals surface area contributed by atoms with E-state index in [1.807, 2.05) is 6.92 Å². The molecule has 4 rings (SSSR count). The van der Waals surface area contributed by atoms with Crippen molar-refractivity contribution < 1.29 is 32.2 Å². The van der Waals surface area contributed by atoms with Gasteiger partial charge in [0.05, 0.1) is 19.1 Å². The first kappa shape index (κ1) is 25.6. The minimum absolute atomic E-state index is 0.0978. The van der Waals surface area contributed by atoms with E-state index in [0.29, 0.717) is 55.8 Å². The van der Waals surface area contributed by atoms with E-state index < -0.39 is 23.4 Å². The highest BCUT2D eigenvalue weighted by Crippen LogP contribution is 2.39. The molecule has 0 aromatic heterocycles. The third-order valence-corrected chi connectivity index (χ3v) is 6.51. The van der Waals surface area contributed by atoms with Crippen LogP contribution in [0, 0.1) is 23.4 Å². The number of halogens is 3. The Morgan fingerprint density at radius 1 is 0.806 bits per heavy atom.